The summed E-state index contributed by atoms with van der Waals surface area (Å²) >= 11 is 0. The molecule has 0 saturated heterocycles. The third kappa shape index (κ3) is 4.22. The predicted octanol–water partition coefficient (Wildman–Crippen LogP) is 11.0. The number of hydrogen-bond donors (Lipinski definition) is 1. The zero-order chi connectivity index (χ0) is 27.9. The molecule has 2 heteroatoms. The van der Waals surface area contributed by atoms with E-state index in [4.69, 9.17) is 0 Å². The molecule has 1 heterocycles. The molecule has 1 aromatic heterocycles. The summed E-state index contributed by atoms with van der Waals surface area (Å²) in [5.41, 5.74) is 10.6. The van der Waals surface area contributed by atoms with Gasteiger partial charge in [0.15, 0.2) is 0 Å². The van der Waals surface area contributed by atoms with Gasteiger partial charge in [0, 0.05) is 33.2 Å². The van der Waals surface area contributed by atoms with Gasteiger partial charge in [-0.15, -0.1) is 0 Å². The second kappa shape index (κ2) is 10.1. The summed E-state index contributed by atoms with van der Waals surface area (Å²) in [6.07, 6.45) is 0. The molecule has 0 bridgehead atoms. The van der Waals surface area contributed by atoms with Crippen LogP contribution in [0, 0.1) is 0 Å². The number of rotatable bonds is 5. The molecule has 0 fully saturated rings. The van der Waals surface area contributed by atoms with Gasteiger partial charge in [-0.3, -0.25) is 0 Å². The van der Waals surface area contributed by atoms with Crippen LogP contribution in [0.1, 0.15) is 0 Å². The van der Waals surface area contributed by atoms with Gasteiger partial charge in [-0.2, -0.15) is 0 Å². The van der Waals surface area contributed by atoms with Crippen molar-refractivity contribution in [1.29, 1.82) is 0 Å². The zero-order valence-corrected chi connectivity index (χ0v) is 23.0. The molecule has 0 unspecified atom stereocenters. The molecule has 0 amide bonds. The molecular weight excluding hydrogens is 508 g/mol. The SMILES string of the molecule is c1ccc(-c2ccc(-c3ccc4c(c3)c3cc(Nc5cccc6ccccc56)ccc3n4-c3ccccc3)cc2)cc1. The predicted molar refractivity (Wildman–Crippen MR) is 179 cm³/mol. The van der Waals surface area contributed by atoms with E-state index in [1.165, 1.54) is 54.8 Å². The highest BCUT2D eigenvalue weighted by Crippen LogP contribution is 2.37. The first-order valence-corrected chi connectivity index (χ1v) is 14.4. The van der Waals surface area contributed by atoms with Gasteiger partial charge in [-0.05, 0) is 76.2 Å². The first-order valence-electron chi connectivity index (χ1n) is 14.4. The van der Waals surface area contributed by atoms with Crippen molar-refractivity contribution in [3.63, 3.8) is 0 Å². The molecule has 8 aromatic rings. The summed E-state index contributed by atoms with van der Waals surface area (Å²) in [4.78, 5) is 0. The average molecular weight is 537 g/mol. The standard InChI is InChI=1S/C40H28N2/c1-3-10-28(11-4-1)29-18-20-30(21-19-29)32-22-24-39-36(26-32)37-27-33(23-25-40(37)42(39)34-14-5-2-6-15-34)41-38-17-9-13-31-12-7-8-16-35(31)38/h1-27,41H. The maximum atomic E-state index is 3.71. The van der Waals surface area contributed by atoms with Gasteiger partial charge >= 0.3 is 0 Å². The van der Waals surface area contributed by atoms with E-state index in [0.29, 0.717) is 0 Å². The fourth-order valence-electron chi connectivity index (χ4n) is 6.11. The normalized spacial score (nSPS) is 11.3. The topological polar surface area (TPSA) is 17.0 Å². The highest BCUT2D eigenvalue weighted by Gasteiger charge is 2.14. The van der Waals surface area contributed by atoms with Gasteiger partial charge in [-0.25, -0.2) is 0 Å². The largest absolute Gasteiger partial charge is 0.355 e. The number of hydrogen-bond acceptors (Lipinski definition) is 1. The van der Waals surface area contributed by atoms with Gasteiger partial charge in [0.2, 0.25) is 0 Å². The van der Waals surface area contributed by atoms with E-state index in [0.717, 1.165) is 17.1 Å². The van der Waals surface area contributed by atoms with E-state index in [1.54, 1.807) is 0 Å². The minimum absolute atomic E-state index is 1.07. The van der Waals surface area contributed by atoms with Gasteiger partial charge in [-0.1, -0.05) is 115 Å². The molecule has 1 N–H and O–H groups in total. The molecule has 0 aliphatic carbocycles. The summed E-state index contributed by atoms with van der Waals surface area (Å²) in [5, 5.41) is 8.62. The number of aromatic nitrogens is 1. The summed E-state index contributed by atoms with van der Waals surface area (Å²) in [6, 6.07) is 58.6. The smallest absolute Gasteiger partial charge is 0.0542 e. The van der Waals surface area contributed by atoms with Crippen LogP contribution in [0.3, 0.4) is 0 Å². The van der Waals surface area contributed by atoms with E-state index in [2.05, 4.69) is 174 Å². The molecule has 0 saturated carbocycles. The summed E-state index contributed by atoms with van der Waals surface area (Å²) in [6.45, 7) is 0. The summed E-state index contributed by atoms with van der Waals surface area (Å²) in [5.74, 6) is 0. The zero-order valence-electron chi connectivity index (χ0n) is 23.0. The summed E-state index contributed by atoms with van der Waals surface area (Å²) in [7, 11) is 0. The fraction of sp³-hybridized carbons (Fsp3) is 0. The molecule has 0 atom stereocenters. The van der Waals surface area contributed by atoms with E-state index in [9.17, 15) is 0 Å². The molecule has 7 aromatic carbocycles. The van der Waals surface area contributed by atoms with E-state index in [1.807, 2.05) is 0 Å². The Bertz CT molecular complexity index is 2190. The third-order valence-corrected chi connectivity index (χ3v) is 8.17. The van der Waals surface area contributed by atoms with Crippen LogP contribution in [0.4, 0.5) is 11.4 Å². The Labute approximate surface area is 245 Å². The van der Waals surface area contributed by atoms with Gasteiger partial charge in [0.25, 0.3) is 0 Å². The van der Waals surface area contributed by atoms with Crippen LogP contribution in [-0.4, -0.2) is 4.57 Å². The van der Waals surface area contributed by atoms with Crippen molar-refractivity contribution in [2.24, 2.45) is 0 Å². The number of nitrogens with one attached hydrogen (secondary N) is 1. The van der Waals surface area contributed by atoms with Crippen LogP contribution < -0.4 is 5.32 Å². The Morgan fingerprint density at radius 3 is 1.74 bits per heavy atom. The lowest BCUT2D eigenvalue weighted by Gasteiger charge is -2.11. The lowest BCUT2D eigenvalue weighted by atomic mass is 9.99. The van der Waals surface area contributed by atoms with Crippen LogP contribution >= 0.6 is 0 Å². The van der Waals surface area contributed by atoms with Crippen molar-refractivity contribution >= 4 is 44.0 Å². The van der Waals surface area contributed by atoms with E-state index in [-0.39, 0.29) is 0 Å². The maximum Gasteiger partial charge on any atom is 0.0542 e. The van der Waals surface area contributed by atoms with Gasteiger partial charge < -0.3 is 9.88 Å². The second-order valence-corrected chi connectivity index (χ2v) is 10.7. The lowest BCUT2D eigenvalue weighted by molar-refractivity contribution is 1.18. The fourth-order valence-corrected chi connectivity index (χ4v) is 6.11. The van der Waals surface area contributed by atoms with Crippen LogP contribution in [-0.2, 0) is 0 Å². The Balaban J connectivity index is 1.27. The van der Waals surface area contributed by atoms with Crippen LogP contribution in [0.15, 0.2) is 164 Å². The van der Waals surface area contributed by atoms with Crippen molar-refractivity contribution in [1.82, 2.24) is 4.57 Å². The van der Waals surface area contributed by atoms with Crippen LogP contribution in [0.25, 0.3) is 60.5 Å². The lowest BCUT2D eigenvalue weighted by Crippen LogP contribution is -1.94. The molecular formula is C40H28N2. The number of benzene rings is 7. The maximum absolute atomic E-state index is 3.71. The van der Waals surface area contributed by atoms with Crippen molar-refractivity contribution in [2.75, 3.05) is 5.32 Å². The Kier molecular flexibility index (Phi) is 5.82. The summed E-state index contributed by atoms with van der Waals surface area (Å²) < 4.78 is 2.37. The molecule has 0 aliphatic heterocycles. The average Bonchev–Trinajstić information content (AvgIpc) is 3.39. The monoisotopic (exact) mass is 536 g/mol. The molecule has 42 heavy (non-hydrogen) atoms. The Hall–Kier alpha value is -5.60. The molecule has 0 aliphatic rings. The number of para-hydroxylation sites is 1. The Morgan fingerprint density at radius 1 is 0.381 bits per heavy atom. The Morgan fingerprint density at radius 2 is 0.952 bits per heavy atom. The number of anilines is 2. The highest BCUT2D eigenvalue weighted by molar-refractivity contribution is 6.11. The minimum atomic E-state index is 1.07. The first-order chi connectivity index (χ1) is 20.8. The first kappa shape index (κ1) is 24.2. The molecule has 0 spiro atoms. The van der Waals surface area contributed by atoms with Crippen molar-refractivity contribution in [3.8, 4) is 27.9 Å². The second-order valence-electron chi connectivity index (χ2n) is 10.7. The molecule has 8 rings (SSSR count). The number of nitrogens with zero attached hydrogens (tertiary/aromatic N) is 1. The quantitative estimate of drug-likeness (QED) is 0.231. The minimum Gasteiger partial charge on any atom is -0.355 e. The molecule has 2 nitrogen and oxygen atoms in total. The van der Waals surface area contributed by atoms with Crippen molar-refractivity contribution in [2.45, 2.75) is 0 Å². The number of fused-ring (bicyclic) bond motifs is 4. The van der Waals surface area contributed by atoms with Crippen LogP contribution in [0.2, 0.25) is 0 Å². The highest BCUT2D eigenvalue weighted by atomic mass is 15.0. The van der Waals surface area contributed by atoms with Gasteiger partial charge in [0.1, 0.15) is 0 Å². The third-order valence-electron chi connectivity index (χ3n) is 8.17. The van der Waals surface area contributed by atoms with Crippen molar-refractivity contribution < 1.29 is 0 Å². The molecule has 0 radical (unpaired) electrons. The van der Waals surface area contributed by atoms with Crippen molar-refractivity contribution in [3.05, 3.63) is 164 Å². The van der Waals surface area contributed by atoms with E-state index < -0.39 is 0 Å². The van der Waals surface area contributed by atoms with E-state index >= 15 is 0 Å². The molecule has 198 valence electrons. The van der Waals surface area contributed by atoms with Crippen LogP contribution in [0.5, 0.6) is 0 Å². The van der Waals surface area contributed by atoms with Gasteiger partial charge in [0.05, 0.1) is 11.0 Å².